The number of aromatic nitrogens is 1. The molecule has 25 heavy (non-hydrogen) atoms. The fraction of sp³-hybridized carbons (Fsp3) is 0.474. The minimum absolute atomic E-state index is 0.177. The molecule has 0 aliphatic heterocycles. The molecule has 0 aromatic carbocycles. The lowest BCUT2D eigenvalue weighted by Gasteiger charge is -2.25. The number of aliphatic hydroxyl groups is 1. The fourth-order valence-corrected chi connectivity index (χ4v) is 2.77. The summed E-state index contributed by atoms with van der Waals surface area (Å²) in [6.07, 6.45) is 2.88. The van der Waals surface area contributed by atoms with Gasteiger partial charge in [0, 0.05) is 18.7 Å². The first-order chi connectivity index (χ1) is 11.9. The number of urea groups is 1. The van der Waals surface area contributed by atoms with Gasteiger partial charge >= 0.3 is 6.03 Å². The Morgan fingerprint density at radius 2 is 2.00 bits per heavy atom. The van der Waals surface area contributed by atoms with Crippen molar-refractivity contribution >= 4 is 6.03 Å². The van der Waals surface area contributed by atoms with Crippen molar-refractivity contribution in [2.75, 3.05) is 0 Å². The number of aryl methyl sites for hydroxylation is 1. The predicted octanol–water partition coefficient (Wildman–Crippen LogP) is 3.49. The maximum absolute atomic E-state index is 12.4. The average molecular weight is 345 g/mol. The zero-order valence-corrected chi connectivity index (χ0v) is 15.2. The predicted molar refractivity (Wildman–Crippen MR) is 96.0 cm³/mol. The zero-order valence-electron chi connectivity index (χ0n) is 15.2. The summed E-state index contributed by atoms with van der Waals surface area (Å²) in [6.45, 7) is 7.92. The van der Waals surface area contributed by atoms with E-state index in [1.54, 1.807) is 18.3 Å². The van der Waals surface area contributed by atoms with Gasteiger partial charge in [-0.2, -0.15) is 0 Å². The van der Waals surface area contributed by atoms with Crippen LogP contribution in [0.5, 0.6) is 0 Å². The molecule has 6 nitrogen and oxygen atoms in total. The van der Waals surface area contributed by atoms with Crippen molar-refractivity contribution in [1.29, 1.82) is 0 Å². The van der Waals surface area contributed by atoms with Crippen LogP contribution >= 0.6 is 0 Å². The molecule has 0 bridgehead atoms. The van der Waals surface area contributed by atoms with Crippen LogP contribution in [0.1, 0.15) is 56.4 Å². The van der Waals surface area contributed by atoms with E-state index in [4.69, 9.17) is 4.42 Å². The van der Waals surface area contributed by atoms with Crippen LogP contribution in [0.2, 0.25) is 0 Å². The van der Waals surface area contributed by atoms with E-state index in [0.29, 0.717) is 12.2 Å². The first-order valence-corrected chi connectivity index (χ1v) is 8.58. The third kappa shape index (κ3) is 5.32. The van der Waals surface area contributed by atoms with E-state index in [-0.39, 0.29) is 24.0 Å². The van der Waals surface area contributed by atoms with Crippen LogP contribution in [0.15, 0.2) is 41.1 Å². The van der Waals surface area contributed by atoms with Gasteiger partial charge in [-0.3, -0.25) is 4.98 Å². The number of aliphatic hydroxyl groups excluding tert-OH is 1. The average Bonchev–Trinajstić information content (AvgIpc) is 3.07. The topological polar surface area (TPSA) is 87.4 Å². The Balaban J connectivity index is 1.94. The standard InChI is InChI=1S/C19H27N3O3/c1-12(2)17(18-13(3)7-5-9-20-18)22-19(24)21-14(4)11-15(23)16-8-6-10-25-16/h5-10,12,14-15,17,23H,11H2,1-4H3,(H2,21,22,24)/t14-,15-,17+/m0/s1. The number of furan rings is 1. The van der Waals surface area contributed by atoms with E-state index < -0.39 is 6.10 Å². The second kappa shape index (κ2) is 8.67. The summed E-state index contributed by atoms with van der Waals surface area (Å²) in [5.41, 5.74) is 1.92. The molecule has 0 spiro atoms. The molecule has 2 amide bonds. The van der Waals surface area contributed by atoms with E-state index in [0.717, 1.165) is 11.3 Å². The molecule has 2 aromatic rings. The van der Waals surface area contributed by atoms with E-state index in [9.17, 15) is 9.90 Å². The number of nitrogens with zero attached hydrogens (tertiary/aromatic N) is 1. The number of carbonyl (C=O) groups is 1. The van der Waals surface area contributed by atoms with Gasteiger partial charge in [0.1, 0.15) is 11.9 Å². The normalized spacial score (nSPS) is 14.8. The zero-order chi connectivity index (χ0) is 18.4. The highest BCUT2D eigenvalue weighted by atomic mass is 16.4. The van der Waals surface area contributed by atoms with Crippen LogP contribution in [-0.4, -0.2) is 22.2 Å². The van der Waals surface area contributed by atoms with Crippen molar-refractivity contribution in [3.05, 3.63) is 53.7 Å². The largest absolute Gasteiger partial charge is 0.467 e. The Hall–Kier alpha value is -2.34. The molecular formula is C19H27N3O3. The van der Waals surface area contributed by atoms with E-state index in [1.807, 2.05) is 39.8 Å². The third-order valence-corrected chi connectivity index (χ3v) is 4.12. The van der Waals surface area contributed by atoms with Crippen LogP contribution < -0.4 is 10.6 Å². The van der Waals surface area contributed by atoms with Crippen LogP contribution in [0, 0.1) is 12.8 Å². The first-order valence-electron chi connectivity index (χ1n) is 8.58. The number of rotatable bonds is 7. The Labute approximate surface area is 148 Å². The molecule has 0 saturated heterocycles. The first kappa shape index (κ1) is 19.0. The molecule has 6 heteroatoms. The van der Waals surface area contributed by atoms with Crippen molar-refractivity contribution in [2.45, 2.75) is 52.3 Å². The molecule has 0 radical (unpaired) electrons. The van der Waals surface area contributed by atoms with Gasteiger partial charge < -0.3 is 20.2 Å². The maximum Gasteiger partial charge on any atom is 0.315 e. The summed E-state index contributed by atoms with van der Waals surface area (Å²) < 4.78 is 5.18. The number of pyridine rings is 1. The molecule has 3 N–H and O–H groups in total. The second-order valence-corrected chi connectivity index (χ2v) is 6.71. The van der Waals surface area contributed by atoms with Gasteiger partial charge in [-0.05, 0) is 43.5 Å². The Kier molecular flexibility index (Phi) is 6.58. The molecule has 0 fully saturated rings. The second-order valence-electron chi connectivity index (χ2n) is 6.71. The van der Waals surface area contributed by atoms with Crippen LogP contribution in [0.25, 0.3) is 0 Å². The Bertz CT molecular complexity index is 670. The van der Waals surface area contributed by atoms with Gasteiger partial charge in [0.15, 0.2) is 0 Å². The molecule has 3 atom stereocenters. The number of nitrogens with one attached hydrogen (secondary N) is 2. The highest BCUT2D eigenvalue weighted by Gasteiger charge is 2.22. The number of hydrogen-bond donors (Lipinski definition) is 3. The highest BCUT2D eigenvalue weighted by molar-refractivity contribution is 5.74. The smallest absolute Gasteiger partial charge is 0.315 e. The number of carbonyl (C=O) groups excluding carboxylic acids is 1. The molecule has 2 aromatic heterocycles. The van der Waals surface area contributed by atoms with Crippen molar-refractivity contribution in [1.82, 2.24) is 15.6 Å². The lowest BCUT2D eigenvalue weighted by Crippen LogP contribution is -2.44. The molecule has 0 saturated carbocycles. The van der Waals surface area contributed by atoms with Gasteiger partial charge in [0.05, 0.1) is 18.0 Å². The molecule has 0 unspecified atom stereocenters. The van der Waals surface area contributed by atoms with Crippen LogP contribution in [-0.2, 0) is 0 Å². The summed E-state index contributed by atoms with van der Waals surface area (Å²) >= 11 is 0. The quantitative estimate of drug-likeness (QED) is 0.717. The van der Waals surface area contributed by atoms with E-state index in [1.165, 1.54) is 6.26 Å². The van der Waals surface area contributed by atoms with Gasteiger partial charge in [-0.15, -0.1) is 0 Å². The molecular weight excluding hydrogens is 318 g/mol. The molecule has 2 rings (SSSR count). The maximum atomic E-state index is 12.4. The van der Waals surface area contributed by atoms with Gasteiger partial charge in [-0.25, -0.2) is 4.79 Å². The monoisotopic (exact) mass is 345 g/mol. The van der Waals surface area contributed by atoms with Gasteiger partial charge in [-0.1, -0.05) is 19.9 Å². The summed E-state index contributed by atoms with van der Waals surface area (Å²) in [7, 11) is 0. The molecule has 0 aliphatic carbocycles. The minimum Gasteiger partial charge on any atom is -0.467 e. The van der Waals surface area contributed by atoms with E-state index >= 15 is 0 Å². The summed E-state index contributed by atoms with van der Waals surface area (Å²) in [5, 5.41) is 16.0. The summed E-state index contributed by atoms with van der Waals surface area (Å²) in [5.74, 6) is 0.696. The van der Waals surface area contributed by atoms with Gasteiger partial charge in [0.2, 0.25) is 0 Å². The van der Waals surface area contributed by atoms with E-state index in [2.05, 4.69) is 15.6 Å². The fourth-order valence-electron chi connectivity index (χ4n) is 2.77. The lowest BCUT2D eigenvalue weighted by molar-refractivity contribution is 0.129. The van der Waals surface area contributed by atoms with Crippen LogP contribution in [0.3, 0.4) is 0 Å². The SMILES string of the molecule is Cc1cccnc1[C@H](NC(=O)N[C@@H](C)C[C@H](O)c1ccco1)C(C)C. The lowest BCUT2D eigenvalue weighted by atomic mass is 9.97. The molecule has 2 heterocycles. The number of amides is 2. The van der Waals surface area contributed by atoms with Crippen molar-refractivity contribution in [2.24, 2.45) is 5.92 Å². The molecule has 136 valence electrons. The van der Waals surface area contributed by atoms with Crippen LogP contribution in [0.4, 0.5) is 4.79 Å². The summed E-state index contributed by atoms with van der Waals surface area (Å²) in [4.78, 5) is 16.8. The minimum atomic E-state index is -0.746. The summed E-state index contributed by atoms with van der Waals surface area (Å²) in [6, 6.07) is 6.65. The highest BCUT2D eigenvalue weighted by Crippen LogP contribution is 2.23. The third-order valence-electron chi connectivity index (χ3n) is 4.12. The van der Waals surface area contributed by atoms with Gasteiger partial charge in [0.25, 0.3) is 0 Å². The number of hydrogen-bond acceptors (Lipinski definition) is 4. The van der Waals surface area contributed by atoms with Crippen molar-refractivity contribution < 1.29 is 14.3 Å². The van der Waals surface area contributed by atoms with Crippen molar-refractivity contribution in [3.63, 3.8) is 0 Å². The Morgan fingerprint density at radius 3 is 2.60 bits per heavy atom. The Morgan fingerprint density at radius 1 is 1.24 bits per heavy atom. The molecule has 0 aliphatic rings. The van der Waals surface area contributed by atoms with Crippen molar-refractivity contribution in [3.8, 4) is 0 Å².